The van der Waals surface area contributed by atoms with Crippen LogP contribution in [-0.2, 0) is 0 Å². The van der Waals surface area contributed by atoms with Crippen LogP contribution in [0.15, 0.2) is 46.8 Å². The van der Waals surface area contributed by atoms with Gasteiger partial charge in [-0.25, -0.2) is 0 Å². The van der Waals surface area contributed by atoms with E-state index >= 15 is 0 Å². The van der Waals surface area contributed by atoms with Crippen LogP contribution in [0.2, 0.25) is 0 Å². The molecule has 1 nitrogen and oxygen atoms in total. The largest absolute Gasteiger partial charge is 0.348 e. The summed E-state index contributed by atoms with van der Waals surface area (Å²) in [5.41, 5.74) is 6.15. The molecule has 0 N–H and O–H groups in total. The van der Waals surface area contributed by atoms with Gasteiger partial charge in [0.25, 0.3) is 0 Å². The summed E-state index contributed by atoms with van der Waals surface area (Å²) in [7, 11) is 0. The van der Waals surface area contributed by atoms with Crippen molar-refractivity contribution >= 4 is 0 Å². The minimum absolute atomic E-state index is 1.13. The molecule has 0 saturated heterocycles. The topological polar surface area (TPSA) is 3.24 Å². The zero-order chi connectivity index (χ0) is 10.3. The summed E-state index contributed by atoms with van der Waals surface area (Å²) in [6.07, 6.45) is 14.0. The standard InChI is InChI=1S/C14H17N/c1-2-12-7-8-14-13-6-4-3-5-11(13)9-10-15(12)14/h4-7H,2-3,8-10H2,1H3. The predicted molar refractivity (Wildman–Crippen MR) is 63.2 cm³/mol. The van der Waals surface area contributed by atoms with Crippen LogP contribution in [-0.4, -0.2) is 11.4 Å². The van der Waals surface area contributed by atoms with E-state index in [1.807, 2.05) is 0 Å². The Morgan fingerprint density at radius 1 is 1.33 bits per heavy atom. The van der Waals surface area contributed by atoms with Gasteiger partial charge in [0.2, 0.25) is 0 Å². The normalized spacial score (nSPS) is 23.7. The predicted octanol–water partition coefficient (Wildman–Crippen LogP) is 3.53. The van der Waals surface area contributed by atoms with Crippen molar-refractivity contribution in [2.24, 2.45) is 0 Å². The van der Waals surface area contributed by atoms with E-state index in [-0.39, 0.29) is 0 Å². The molecule has 1 aliphatic carbocycles. The Kier molecular flexibility index (Phi) is 2.05. The second-order valence-corrected chi connectivity index (χ2v) is 4.38. The molecule has 0 amide bonds. The lowest BCUT2D eigenvalue weighted by molar-refractivity contribution is 0.416. The average molecular weight is 199 g/mol. The van der Waals surface area contributed by atoms with Gasteiger partial charge in [-0.15, -0.1) is 0 Å². The first-order valence-electron chi connectivity index (χ1n) is 5.96. The van der Waals surface area contributed by atoms with Crippen molar-refractivity contribution in [1.29, 1.82) is 0 Å². The van der Waals surface area contributed by atoms with Gasteiger partial charge in [0.15, 0.2) is 0 Å². The maximum atomic E-state index is 2.53. The van der Waals surface area contributed by atoms with Crippen LogP contribution in [0.4, 0.5) is 0 Å². The fourth-order valence-corrected chi connectivity index (χ4v) is 2.84. The van der Waals surface area contributed by atoms with Gasteiger partial charge in [-0.2, -0.15) is 0 Å². The number of rotatable bonds is 1. The van der Waals surface area contributed by atoms with Crippen LogP contribution in [0.1, 0.15) is 32.6 Å². The van der Waals surface area contributed by atoms with Crippen molar-refractivity contribution in [2.45, 2.75) is 32.6 Å². The monoisotopic (exact) mass is 199 g/mol. The quantitative estimate of drug-likeness (QED) is 0.624. The van der Waals surface area contributed by atoms with E-state index in [9.17, 15) is 0 Å². The number of hydrogen-bond donors (Lipinski definition) is 0. The molecule has 0 atom stereocenters. The van der Waals surface area contributed by atoms with Crippen LogP contribution in [0.3, 0.4) is 0 Å². The summed E-state index contributed by atoms with van der Waals surface area (Å²) in [4.78, 5) is 2.53. The van der Waals surface area contributed by atoms with E-state index in [0.717, 1.165) is 12.8 Å². The van der Waals surface area contributed by atoms with Crippen LogP contribution in [0.5, 0.6) is 0 Å². The highest BCUT2D eigenvalue weighted by Crippen LogP contribution is 2.39. The van der Waals surface area contributed by atoms with Gasteiger partial charge in [0, 0.05) is 24.4 Å². The van der Waals surface area contributed by atoms with Crippen LogP contribution < -0.4 is 0 Å². The smallest absolute Gasteiger partial charge is 0.0290 e. The Morgan fingerprint density at radius 3 is 3.13 bits per heavy atom. The Bertz CT molecular complexity index is 407. The van der Waals surface area contributed by atoms with Crippen molar-refractivity contribution in [2.75, 3.05) is 6.54 Å². The second-order valence-electron chi connectivity index (χ2n) is 4.38. The van der Waals surface area contributed by atoms with E-state index in [4.69, 9.17) is 0 Å². The molecular weight excluding hydrogens is 182 g/mol. The average Bonchev–Trinajstić information content (AvgIpc) is 2.72. The lowest BCUT2D eigenvalue weighted by Gasteiger charge is -2.32. The Balaban J connectivity index is 2.03. The van der Waals surface area contributed by atoms with Crippen molar-refractivity contribution in [1.82, 2.24) is 4.90 Å². The fraction of sp³-hybridized carbons (Fsp3) is 0.429. The molecule has 78 valence electrons. The molecule has 3 aliphatic rings. The first kappa shape index (κ1) is 9.02. The van der Waals surface area contributed by atoms with E-state index in [1.165, 1.54) is 30.7 Å². The Labute approximate surface area is 91.5 Å². The van der Waals surface area contributed by atoms with Crippen molar-refractivity contribution < 1.29 is 0 Å². The summed E-state index contributed by atoms with van der Waals surface area (Å²) < 4.78 is 0. The summed E-state index contributed by atoms with van der Waals surface area (Å²) in [6.45, 7) is 3.44. The van der Waals surface area contributed by atoms with Gasteiger partial charge in [0.05, 0.1) is 0 Å². The van der Waals surface area contributed by atoms with E-state index in [1.54, 1.807) is 11.3 Å². The molecule has 2 heterocycles. The van der Waals surface area contributed by atoms with Crippen molar-refractivity contribution in [3.8, 4) is 0 Å². The summed E-state index contributed by atoms with van der Waals surface area (Å²) in [5, 5.41) is 0. The van der Waals surface area contributed by atoms with Gasteiger partial charge >= 0.3 is 0 Å². The molecule has 0 unspecified atom stereocenters. The lowest BCUT2D eigenvalue weighted by atomic mass is 9.91. The van der Waals surface area contributed by atoms with Crippen LogP contribution in [0.25, 0.3) is 0 Å². The van der Waals surface area contributed by atoms with Gasteiger partial charge < -0.3 is 4.90 Å². The number of nitrogens with zero attached hydrogens (tertiary/aromatic N) is 1. The molecule has 15 heavy (non-hydrogen) atoms. The van der Waals surface area contributed by atoms with Crippen LogP contribution in [0, 0.1) is 0 Å². The van der Waals surface area contributed by atoms with E-state index < -0.39 is 0 Å². The van der Waals surface area contributed by atoms with Gasteiger partial charge in [-0.3, -0.25) is 0 Å². The highest BCUT2D eigenvalue weighted by atomic mass is 15.2. The fourth-order valence-electron chi connectivity index (χ4n) is 2.84. The first-order chi connectivity index (χ1) is 7.40. The molecule has 0 aromatic heterocycles. The molecule has 0 aromatic carbocycles. The molecule has 0 spiro atoms. The molecule has 3 rings (SSSR count). The van der Waals surface area contributed by atoms with Crippen molar-refractivity contribution in [3.05, 3.63) is 46.8 Å². The summed E-state index contributed by atoms with van der Waals surface area (Å²) in [6, 6.07) is 0. The van der Waals surface area contributed by atoms with Gasteiger partial charge in [-0.05, 0) is 30.4 Å². The molecule has 0 fully saturated rings. The lowest BCUT2D eigenvalue weighted by Crippen LogP contribution is -2.25. The molecule has 0 aromatic rings. The maximum Gasteiger partial charge on any atom is 0.0290 e. The highest BCUT2D eigenvalue weighted by molar-refractivity contribution is 5.50. The zero-order valence-electron chi connectivity index (χ0n) is 9.29. The van der Waals surface area contributed by atoms with E-state index in [0.29, 0.717) is 0 Å². The third kappa shape index (κ3) is 1.30. The number of hydrogen-bond acceptors (Lipinski definition) is 1. The Morgan fingerprint density at radius 2 is 2.27 bits per heavy atom. The second kappa shape index (κ2) is 3.41. The SMILES string of the molecule is CCC1=CCC2=C3C=CCC=C3CCN12. The molecule has 0 saturated carbocycles. The summed E-state index contributed by atoms with van der Waals surface area (Å²) >= 11 is 0. The minimum atomic E-state index is 1.13. The van der Waals surface area contributed by atoms with Crippen molar-refractivity contribution in [3.63, 3.8) is 0 Å². The molecule has 2 aliphatic heterocycles. The zero-order valence-corrected chi connectivity index (χ0v) is 9.29. The molecule has 0 bridgehead atoms. The van der Waals surface area contributed by atoms with Crippen LogP contribution >= 0.6 is 0 Å². The third-order valence-corrected chi connectivity index (χ3v) is 3.61. The number of fused-ring (bicyclic) bond motifs is 2. The maximum absolute atomic E-state index is 2.53. The van der Waals surface area contributed by atoms with Gasteiger partial charge in [0.1, 0.15) is 0 Å². The van der Waals surface area contributed by atoms with Gasteiger partial charge in [-0.1, -0.05) is 31.2 Å². The third-order valence-electron chi connectivity index (χ3n) is 3.61. The Hall–Kier alpha value is -1.24. The first-order valence-corrected chi connectivity index (χ1v) is 5.96. The molecule has 1 heteroatoms. The molecule has 0 radical (unpaired) electrons. The van der Waals surface area contributed by atoms with E-state index in [2.05, 4.69) is 36.1 Å². The highest BCUT2D eigenvalue weighted by Gasteiger charge is 2.27. The minimum Gasteiger partial charge on any atom is -0.348 e. The number of allylic oxidation sites excluding steroid dienone is 6. The summed E-state index contributed by atoms with van der Waals surface area (Å²) in [5.74, 6) is 0. The molecular formula is C14H17N.